The lowest BCUT2D eigenvalue weighted by molar-refractivity contribution is 0.438. The average molecular weight is 362 g/mol. The molecule has 0 radical (unpaired) electrons. The van der Waals surface area contributed by atoms with Gasteiger partial charge in [0.15, 0.2) is 5.65 Å². The van der Waals surface area contributed by atoms with Crippen LogP contribution in [0, 0.1) is 18.3 Å². The van der Waals surface area contributed by atoms with E-state index >= 15 is 0 Å². The summed E-state index contributed by atoms with van der Waals surface area (Å²) in [5, 5.41) is 15.0. The number of hydrogen-bond acceptors (Lipinski definition) is 5. The summed E-state index contributed by atoms with van der Waals surface area (Å²) in [6, 6.07) is 4.11. The quantitative estimate of drug-likeness (QED) is 0.532. The van der Waals surface area contributed by atoms with E-state index in [-0.39, 0.29) is 0 Å². The molecule has 0 aliphatic heterocycles. The minimum absolute atomic E-state index is 0.561. The number of aryl methyl sites for hydroxylation is 1. The first-order valence-electron chi connectivity index (χ1n) is 8.97. The molecule has 4 aromatic rings. The molecule has 4 heterocycles. The molecule has 5 rings (SSSR count). The second-order valence-electron chi connectivity index (χ2n) is 7.00. The number of rotatable bonds is 2. The number of imidazole rings is 2. The molecule has 130 valence electrons. The lowest BCUT2D eigenvalue weighted by Gasteiger charge is -2.19. The van der Waals surface area contributed by atoms with E-state index in [4.69, 9.17) is 10.1 Å². The molecular weight excluding hydrogens is 344 g/mol. The first-order valence-corrected chi connectivity index (χ1v) is 9.79. The van der Waals surface area contributed by atoms with E-state index in [0.29, 0.717) is 17.1 Å². The average Bonchev–Trinajstić information content (AvgIpc) is 3.33. The Hall–Kier alpha value is -2.72. The maximum absolute atomic E-state index is 9.46. The van der Waals surface area contributed by atoms with Crippen LogP contribution in [0.4, 0.5) is 0 Å². The summed E-state index contributed by atoms with van der Waals surface area (Å²) in [7, 11) is 0. The Labute approximate surface area is 154 Å². The molecule has 0 spiro atoms. The lowest BCUT2D eigenvalue weighted by atomic mass is 9.87. The van der Waals surface area contributed by atoms with Gasteiger partial charge < -0.3 is 4.40 Å². The van der Waals surface area contributed by atoms with Gasteiger partial charge in [0.1, 0.15) is 11.1 Å². The number of aromatic nitrogens is 5. The van der Waals surface area contributed by atoms with Crippen molar-refractivity contribution in [3.8, 4) is 16.6 Å². The monoisotopic (exact) mass is 362 g/mol. The normalized spacial score (nSPS) is 15.7. The van der Waals surface area contributed by atoms with Crippen LogP contribution in [0.15, 0.2) is 24.7 Å². The van der Waals surface area contributed by atoms with Gasteiger partial charge in [-0.25, -0.2) is 14.5 Å². The predicted molar refractivity (Wildman–Crippen MR) is 100 cm³/mol. The molecule has 0 unspecified atom stereocenters. The summed E-state index contributed by atoms with van der Waals surface area (Å²) >= 11 is 1.57. The highest BCUT2D eigenvalue weighted by Gasteiger charge is 2.20. The molecule has 1 fully saturated rings. The number of hydrogen-bond donors (Lipinski definition) is 0. The largest absolute Gasteiger partial charge is 0.305 e. The fraction of sp³-hybridized carbons (Fsp3) is 0.368. The zero-order valence-corrected chi connectivity index (χ0v) is 15.3. The molecule has 1 saturated carbocycles. The number of nitrogens with zero attached hydrogens (tertiary/aromatic N) is 6. The van der Waals surface area contributed by atoms with Crippen molar-refractivity contribution >= 4 is 21.9 Å². The summed E-state index contributed by atoms with van der Waals surface area (Å²) in [5.74, 6) is 0.580. The first-order chi connectivity index (χ1) is 12.7. The zero-order valence-electron chi connectivity index (χ0n) is 14.5. The van der Waals surface area contributed by atoms with Crippen LogP contribution in [0.25, 0.3) is 21.2 Å². The zero-order chi connectivity index (χ0) is 17.7. The van der Waals surface area contributed by atoms with E-state index in [0.717, 1.165) is 21.2 Å². The van der Waals surface area contributed by atoms with Crippen molar-refractivity contribution in [2.45, 2.75) is 44.9 Å². The van der Waals surface area contributed by atoms with Gasteiger partial charge >= 0.3 is 0 Å². The van der Waals surface area contributed by atoms with Crippen molar-refractivity contribution in [1.29, 1.82) is 5.26 Å². The molecule has 1 aliphatic carbocycles. The maximum atomic E-state index is 9.46. The van der Waals surface area contributed by atoms with Crippen molar-refractivity contribution in [3.63, 3.8) is 0 Å². The van der Waals surface area contributed by atoms with Crippen molar-refractivity contribution < 1.29 is 0 Å². The van der Waals surface area contributed by atoms with Crippen LogP contribution < -0.4 is 0 Å². The molecule has 0 bridgehead atoms. The van der Waals surface area contributed by atoms with Crippen LogP contribution in [0.3, 0.4) is 0 Å². The molecule has 1 aliphatic rings. The second kappa shape index (κ2) is 5.92. The van der Waals surface area contributed by atoms with E-state index in [1.165, 1.54) is 37.8 Å². The molecular formula is C19H18N6S. The lowest BCUT2D eigenvalue weighted by Crippen LogP contribution is -2.04. The molecule has 7 heteroatoms. The highest BCUT2D eigenvalue weighted by Crippen LogP contribution is 2.34. The topological polar surface area (TPSA) is 71.3 Å². The van der Waals surface area contributed by atoms with Gasteiger partial charge in [0, 0.05) is 23.9 Å². The standard InChI is InChI=1S/C19H18N6S/c1-12-9-24-10-15(7-14(8-20)17(24)21-12)18-23-25-11-16(22-19(25)26-18)13-5-3-2-4-6-13/h7,9-11,13H,2-6H2,1H3. The Kier molecular flexibility index (Phi) is 3.54. The van der Waals surface area contributed by atoms with E-state index in [1.54, 1.807) is 11.3 Å². The fourth-order valence-electron chi connectivity index (χ4n) is 3.85. The first kappa shape index (κ1) is 15.5. The van der Waals surface area contributed by atoms with Gasteiger partial charge in [-0.05, 0) is 25.8 Å². The summed E-state index contributed by atoms with van der Waals surface area (Å²) in [6.45, 7) is 1.93. The molecule has 0 N–H and O–H groups in total. The van der Waals surface area contributed by atoms with Crippen LogP contribution in [0.2, 0.25) is 0 Å². The van der Waals surface area contributed by atoms with E-state index in [1.807, 2.05) is 34.3 Å². The second-order valence-corrected chi connectivity index (χ2v) is 7.96. The summed E-state index contributed by atoms with van der Waals surface area (Å²) in [6.07, 6.45) is 12.4. The summed E-state index contributed by atoms with van der Waals surface area (Å²) < 4.78 is 3.79. The summed E-state index contributed by atoms with van der Waals surface area (Å²) in [5.41, 5.74) is 4.24. The van der Waals surface area contributed by atoms with Crippen molar-refractivity contribution in [2.24, 2.45) is 0 Å². The van der Waals surface area contributed by atoms with Gasteiger partial charge in [-0.15, -0.1) is 0 Å². The number of pyridine rings is 1. The van der Waals surface area contributed by atoms with Crippen molar-refractivity contribution in [1.82, 2.24) is 24.0 Å². The van der Waals surface area contributed by atoms with Crippen molar-refractivity contribution in [3.05, 3.63) is 41.6 Å². The Morgan fingerprint density at radius 3 is 2.77 bits per heavy atom. The maximum Gasteiger partial charge on any atom is 0.212 e. The van der Waals surface area contributed by atoms with E-state index in [9.17, 15) is 5.26 Å². The third-order valence-corrected chi connectivity index (χ3v) is 6.10. The Morgan fingerprint density at radius 2 is 2.00 bits per heavy atom. The highest BCUT2D eigenvalue weighted by atomic mass is 32.1. The van der Waals surface area contributed by atoms with Gasteiger partial charge in [0.25, 0.3) is 0 Å². The van der Waals surface area contributed by atoms with Gasteiger partial charge in [0.2, 0.25) is 4.96 Å². The Bertz CT molecular complexity index is 1120. The molecule has 0 atom stereocenters. The Morgan fingerprint density at radius 1 is 1.15 bits per heavy atom. The summed E-state index contributed by atoms with van der Waals surface area (Å²) in [4.78, 5) is 10.2. The third kappa shape index (κ3) is 2.49. The number of nitriles is 1. The minimum atomic E-state index is 0.561. The fourth-order valence-corrected chi connectivity index (χ4v) is 4.72. The smallest absolute Gasteiger partial charge is 0.212 e. The SMILES string of the molecule is Cc1cn2cc(-c3nn4cc(C5CCCCC5)nc4s3)cc(C#N)c2n1. The van der Waals surface area contributed by atoms with Gasteiger partial charge in [-0.1, -0.05) is 30.6 Å². The molecule has 4 aromatic heterocycles. The molecule has 0 amide bonds. The third-order valence-electron chi connectivity index (χ3n) is 5.12. The number of fused-ring (bicyclic) bond motifs is 2. The van der Waals surface area contributed by atoms with Crippen LogP contribution in [0.1, 0.15) is 55.0 Å². The minimum Gasteiger partial charge on any atom is -0.305 e. The van der Waals surface area contributed by atoms with Crippen LogP contribution in [-0.2, 0) is 0 Å². The van der Waals surface area contributed by atoms with E-state index < -0.39 is 0 Å². The van der Waals surface area contributed by atoms with Gasteiger partial charge in [0.05, 0.1) is 23.1 Å². The van der Waals surface area contributed by atoms with Gasteiger partial charge in [-0.2, -0.15) is 10.4 Å². The highest BCUT2D eigenvalue weighted by molar-refractivity contribution is 7.19. The molecule has 0 aromatic carbocycles. The van der Waals surface area contributed by atoms with E-state index in [2.05, 4.69) is 17.3 Å². The van der Waals surface area contributed by atoms with Crippen LogP contribution in [-0.4, -0.2) is 24.0 Å². The Balaban J connectivity index is 1.55. The van der Waals surface area contributed by atoms with Gasteiger partial charge in [-0.3, -0.25) is 0 Å². The predicted octanol–water partition coefficient (Wildman–Crippen LogP) is 4.33. The van der Waals surface area contributed by atoms with Crippen LogP contribution in [0.5, 0.6) is 0 Å². The van der Waals surface area contributed by atoms with Crippen LogP contribution >= 0.6 is 11.3 Å². The molecule has 26 heavy (non-hydrogen) atoms. The van der Waals surface area contributed by atoms with Crippen molar-refractivity contribution in [2.75, 3.05) is 0 Å². The molecule has 6 nitrogen and oxygen atoms in total. The molecule has 0 saturated heterocycles.